The molecule has 5 nitrogen and oxygen atoms in total. The molecule has 2 aromatic rings. The van der Waals surface area contributed by atoms with Gasteiger partial charge in [-0.25, -0.2) is 9.37 Å². The Labute approximate surface area is 116 Å². The molecule has 20 heavy (non-hydrogen) atoms. The van der Waals surface area contributed by atoms with Crippen LogP contribution in [0.5, 0.6) is 0 Å². The van der Waals surface area contributed by atoms with E-state index in [9.17, 15) is 4.39 Å². The van der Waals surface area contributed by atoms with Gasteiger partial charge in [-0.2, -0.15) is 4.98 Å². The highest BCUT2D eigenvalue weighted by Gasteiger charge is 2.20. The minimum absolute atomic E-state index is 0.174. The molecule has 104 valence electrons. The van der Waals surface area contributed by atoms with Crippen LogP contribution in [0.1, 0.15) is 0 Å². The largest absolute Gasteiger partial charge is 0.368 e. The highest BCUT2D eigenvalue weighted by Crippen LogP contribution is 2.21. The van der Waals surface area contributed by atoms with Crippen LogP contribution in [-0.4, -0.2) is 36.1 Å². The molecular formula is C14H16FN5. The maximum atomic E-state index is 13.8. The van der Waals surface area contributed by atoms with Gasteiger partial charge in [0.1, 0.15) is 11.6 Å². The number of para-hydroxylation sites is 1. The molecule has 3 rings (SSSR count). The Bertz CT molecular complexity index is 596. The fourth-order valence-electron chi connectivity index (χ4n) is 2.42. The predicted molar refractivity (Wildman–Crippen MR) is 77.3 cm³/mol. The molecule has 6 heteroatoms. The van der Waals surface area contributed by atoms with Gasteiger partial charge in [-0.3, -0.25) is 0 Å². The van der Waals surface area contributed by atoms with Crippen LogP contribution in [0.3, 0.4) is 0 Å². The van der Waals surface area contributed by atoms with Crippen molar-refractivity contribution in [3.63, 3.8) is 0 Å². The van der Waals surface area contributed by atoms with Crippen molar-refractivity contribution in [2.24, 2.45) is 0 Å². The van der Waals surface area contributed by atoms with E-state index in [1.807, 2.05) is 18.2 Å². The van der Waals surface area contributed by atoms with Crippen LogP contribution in [-0.2, 0) is 0 Å². The third kappa shape index (κ3) is 2.49. The van der Waals surface area contributed by atoms with Crippen molar-refractivity contribution in [3.8, 4) is 0 Å². The minimum Gasteiger partial charge on any atom is -0.368 e. The summed E-state index contributed by atoms with van der Waals surface area (Å²) in [6, 6.07) is 8.71. The highest BCUT2D eigenvalue weighted by atomic mass is 19.1. The van der Waals surface area contributed by atoms with Crippen molar-refractivity contribution in [3.05, 3.63) is 42.3 Å². The second-order valence-electron chi connectivity index (χ2n) is 4.70. The van der Waals surface area contributed by atoms with Crippen LogP contribution >= 0.6 is 0 Å². The summed E-state index contributed by atoms with van der Waals surface area (Å²) in [6.45, 7) is 3.07. The molecule has 0 bridgehead atoms. The van der Waals surface area contributed by atoms with Crippen molar-refractivity contribution in [2.75, 3.05) is 41.7 Å². The van der Waals surface area contributed by atoms with Gasteiger partial charge >= 0.3 is 0 Å². The number of nitrogens with two attached hydrogens (primary N) is 1. The molecule has 0 radical (unpaired) electrons. The summed E-state index contributed by atoms with van der Waals surface area (Å²) in [6.07, 6.45) is 1.65. The van der Waals surface area contributed by atoms with Crippen LogP contribution < -0.4 is 15.5 Å². The van der Waals surface area contributed by atoms with Crippen LogP contribution in [0, 0.1) is 5.82 Å². The predicted octanol–water partition coefficient (Wildman–Crippen LogP) is 1.52. The van der Waals surface area contributed by atoms with E-state index in [0.29, 0.717) is 5.69 Å². The molecule has 2 N–H and O–H groups in total. The molecule has 1 fully saturated rings. The van der Waals surface area contributed by atoms with Gasteiger partial charge in [0.25, 0.3) is 0 Å². The van der Waals surface area contributed by atoms with Gasteiger partial charge < -0.3 is 15.5 Å². The van der Waals surface area contributed by atoms with Crippen molar-refractivity contribution >= 4 is 17.5 Å². The minimum atomic E-state index is -0.174. The average molecular weight is 273 g/mol. The summed E-state index contributed by atoms with van der Waals surface area (Å²) in [7, 11) is 0. The Morgan fingerprint density at radius 2 is 1.70 bits per heavy atom. The van der Waals surface area contributed by atoms with Crippen molar-refractivity contribution in [2.45, 2.75) is 0 Å². The van der Waals surface area contributed by atoms with Crippen molar-refractivity contribution in [1.29, 1.82) is 0 Å². The number of benzene rings is 1. The van der Waals surface area contributed by atoms with Gasteiger partial charge in [-0.15, -0.1) is 0 Å². The number of hydrogen-bond donors (Lipinski definition) is 1. The zero-order valence-corrected chi connectivity index (χ0v) is 11.0. The van der Waals surface area contributed by atoms with E-state index in [2.05, 4.69) is 19.8 Å². The Hall–Kier alpha value is -2.37. The summed E-state index contributed by atoms with van der Waals surface area (Å²) in [4.78, 5) is 12.3. The molecule has 1 aliphatic heterocycles. The number of aromatic nitrogens is 2. The maximum Gasteiger partial charge on any atom is 0.221 e. The van der Waals surface area contributed by atoms with Gasteiger partial charge in [-0.05, 0) is 18.2 Å². The number of halogens is 1. The number of anilines is 3. The first-order valence-electron chi connectivity index (χ1n) is 6.57. The molecule has 1 saturated heterocycles. The second kappa shape index (κ2) is 5.32. The Kier molecular flexibility index (Phi) is 3.37. The smallest absolute Gasteiger partial charge is 0.221 e. The topological polar surface area (TPSA) is 58.3 Å². The van der Waals surface area contributed by atoms with E-state index in [0.717, 1.165) is 32.0 Å². The summed E-state index contributed by atoms with van der Waals surface area (Å²) in [5.74, 6) is 0.928. The van der Waals surface area contributed by atoms with E-state index in [4.69, 9.17) is 5.73 Å². The number of nitrogens with zero attached hydrogens (tertiary/aromatic N) is 4. The number of piperazine rings is 1. The molecule has 1 aromatic heterocycles. The Morgan fingerprint density at radius 3 is 2.40 bits per heavy atom. The second-order valence-corrected chi connectivity index (χ2v) is 4.70. The SMILES string of the molecule is Nc1nccc(N2CCN(c3ccccc3F)CC2)n1. The number of nitrogen functional groups attached to an aromatic ring is 1. The summed E-state index contributed by atoms with van der Waals surface area (Å²) in [5, 5.41) is 0. The number of rotatable bonds is 2. The molecule has 0 spiro atoms. The maximum absolute atomic E-state index is 13.8. The lowest BCUT2D eigenvalue weighted by molar-refractivity contribution is 0.596. The van der Waals surface area contributed by atoms with E-state index >= 15 is 0 Å². The summed E-state index contributed by atoms with van der Waals surface area (Å²) >= 11 is 0. The normalized spacial score (nSPS) is 15.4. The fraction of sp³-hybridized carbons (Fsp3) is 0.286. The zero-order chi connectivity index (χ0) is 13.9. The van der Waals surface area contributed by atoms with Gasteiger partial charge in [0.2, 0.25) is 5.95 Å². The van der Waals surface area contributed by atoms with E-state index < -0.39 is 0 Å². The standard InChI is InChI=1S/C14H16FN5/c15-11-3-1-2-4-12(11)19-7-9-20(10-8-19)13-5-6-17-14(16)18-13/h1-6H,7-10H2,(H2,16,17,18). The number of hydrogen-bond acceptors (Lipinski definition) is 5. The molecular weight excluding hydrogens is 257 g/mol. The summed E-state index contributed by atoms with van der Waals surface area (Å²) in [5.41, 5.74) is 6.26. The van der Waals surface area contributed by atoms with Crippen LogP contribution in [0.2, 0.25) is 0 Å². The van der Waals surface area contributed by atoms with Crippen LogP contribution in [0.15, 0.2) is 36.5 Å². The average Bonchev–Trinajstić information content (AvgIpc) is 2.48. The molecule has 0 unspecified atom stereocenters. The van der Waals surface area contributed by atoms with Gasteiger partial charge in [0.05, 0.1) is 5.69 Å². The fourth-order valence-corrected chi connectivity index (χ4v) is 2.42. The summed E-state index contributed by atoms with van der Waals surface area (Å²) < 4.78 is 13.8. The molecule has 2 heterocycles. The lowest BCUT2D eigenvalue weighted by Gasteiger charge is -2.36. The molecule has 1 aromatic carbocycles. The van der Waals surface area contributed by atoms with Gasteiger partial charge in [-0.1, -0.05) is 12.1 Å². The first-order valence-corrected chi connectivity index (χ1v) is 6.57. The van der Waals surface area contributed by atoms with Crippen molar-refractivity contribution in [1.82, 2.24) is 9.97 Å². The van der Waals surface area contributed by atoms with Crippen molar-refractivity contribution < 1.29 is 4.39 Å². The zero-order valence-electron chi connectivity index (χ0n) is 11.0. The molecule has 0 saturated carbocycles. The Morgan fingerprint density at radius 1 is 1.00 bits per heavy atom. The first-order chi connectivity index (χ1) is 9.74. The quantitative estimate of drug-likeness (QED) is 0.899. The third-order valence-corrected chi connectivity index (χ3v) is 3.46. The molecule has 0 atom stereocenters. The van der Waals surface area contributed by atoms with E-state index in [1.54, 1.807) is 12.3 Å². The lowest BCUT2D eigenvalue weighted by atomic mass is 10.2. The molecule has 0 aliphatic carbocycles. The van der Waals surface area contributed by atoms with E-state index in [-0.39, 0.29) is 11.8 Å². The van der Waals surface area contributed by atoms with Gasteiger partial charge in [0.15, 0.2) is 0 Å². The van der Waals surface area contributed by atoms with Crippen LogP contribution in [0.25, 0.3) is 0 Å². The molecule has 1 aliphatic rings. The monoisotopic (exact) mass is 273 g/mol. The van der Waals surface area contributed by atoms with E-state index in [1.165, 1.54) is 6.07 Å². The molecule has 0 amide bonds. The lowest BCUT2D eigenvalue weighted by Crippen LogP contribution is -2.47. The first kappa shape index (κ1) is 12.7. The van der Waals surface area contributed by atoms with Crippen LogP contribution in [0.4, 0.5) is 21.8 Å². The highest BCUT2D eigenvalue weighted by molar-refractivity contribution is 5.50. The third-order valence-electron chi connectivity index (χ3n) is 3.46. The van der Waals surface area contributed by atoms with Gasteiger partial charge in [0, 0.05) is 32.4 Å². The Balaban J connectivity index is 1.70.